The monoisotopic (exact) mass is 224 g/mol. The third-order valence-corrected chi connectivity index (χ3v) is 2.40. The van der Waals surface area contributed by atoms with Crippen LogP contribution in [-0.4, -0.2) is 33.9 Å². The molecular weight excluding hydrogens is 208 g/mol. The highest BCUT2D eigenvalue weighted by Gasteiger charge is 2.18. The van der Waals surface area contributed by atoms with Crippen molar-refractivity contribution >= 4 is 11.9 Å². The number of aromatic nitrogens is 1. The van der Waals surface area contributed by atoms with Crippen molar-refractivity contribution in [3.63, 3.8) is 0 Å². The molecule has 0 aliphatic heterocycles. The summed E-state index contributed by atoms with van der Waals surface area (Å²) in [5, 5.41) is 8.69. The number of H-pyrrole nitrogens is 1. The second-order valence-electron chi connectivity index (χ2n) is 3.89. The molecule has 5 heteroatoms. The summed E-state index contributed by atoms with van der Waals surface area (Å²) in [6.07, 6.45) is 1.82. The number of aromatic amines is 1. The summed E-state index contributed by atoms with van der Waals surface area (Å²) in [6, 6.07) is 3.73. The van der Waals surface area contributed by atoms with Crippen molar-refractivity contribution in [1.29, 1.82) is 0 Å². The molecule has 1 amide bonds. The Hall–Kier alpha value is -1.78. The Morgan fingerprint density at radius 3 is 2.75 bits per heavy atom. The van der Waals surface area contributed by atoms with Crippen molar-refractivity contribution in [3.8, 4) is 0 Å². The molecule has 5 nitrogen and oxygen atoms in total. The van der Waals surface area contributed by atoms with Crippen molar-refractivity contribution in [1.82, 2.24) is 9.88 Å². The molecule has 1 atom stereocenters. The third kappa shape index (κ3) is 3.42. The molecule has 0 spiro atoms. The minimum Gasteiger partial charge on any atom is -0.481 e. The maximum absolute atomic E-state index is 11.6. The molecule has 1 unspecified atom stereocenters. The molecule has 0 saturated carbocycles. The Balaban J connectivity index is 2.45. The topological polar surface area (TPSA) is 73.4 Å². The van der Waals surface area contributed by atoms with Crippen molar-refractivity contribution in [2.24, 2.45) is 5.92 Å². The lowest BCUT2D eigenvalue weighted by Gasteiger charge is -2.17. The minimum atomic E-state index is -0.943. The van der Waals surface area contributed by atoms with Crippen LogP contribution in [0.5, 0.6) is 0 Å². The minimum absolute atomic E-state index is 0.0343. The van der Waals surface area contributed by atoms with Gasteiger partial charge in [-0.25, -0.2) is 0 Å². The van der Waals surface area contributed by atoms with E-state index in [1.54, 1.807) is 13.2 Å². The van der Waals surface area contributed by atoms with Crippen molar-refractivity contribution in [2.75, 3.05) is 7.05 Å². The van der Waals surface area contributed by atoms with Gasteiger partial charge in [-0.15, -0.1) is 0 Å². The number of carboxylic acids is 1. The molecule has 0 fully saturated rings. The molecule has 0 saturated heterocycles. The zero-order chi connectivity index (χ0) is 12.1. The van der Waals surface area contributed by atoms with Crippen LogP contribution in [0.15, 0.2) is 18.3 Å². The number of nitrogens with one attached hydrogen (secondary N) is 1. The van der Waals surface area contributed by atoms with Crippen LogP contribution in [0.3, 0.4) is 0 Å². The van der Waals surface area contributed by atoms with Crippen molar-refractivity contribution in [2.45, 2.75) is 19.9 Å². The van der Waals surface area contributed by atoms with E-state index in [0.29, 0.717) is 6.54 Å². The van der Waals surface area contributed by atoms with Gasteiger partial charge in [-0.3, -0.25) is 9.59 Å². The fourth-order valence-corrected chi connectivity index (χ4v) is 1.31. The Morgan fingerprint density at radius 2 is 2.25 bits per heavy atom. The molecule has 0 aliphatic carbocycles. The van der Waals surface area contributed by atoms with E-state index < -0.39 is 11.9 Å². The van der Waals surface area contributed by atoms with Gasteiger partial charge < -0.3 is 15.0 Å². The molecule has 0 bridgehead atoms. The van der Waals surface area contributed by atoms with E-state index in [1.807, 2.05) is 12.1 Å². The van der Waals surface area contributed by atoms with Gasteiger partial charge in [0.1, 0.15) is 0 Å². The highest BCUT2D eigenvalue weighted by Crippen LogP contribution is 2.07. The summed E-state index contributed by atoms with van der Waals surface area (Å²) >= 11 is 0. The molecule has 1 heterocycles. The number of rotatable bonds is 5. The summed E-state index contributed by atoms with van der Waals surface area (Å²) in [6.45, 7) is 2.00. The average molecular weight is 224 g/mol. The molecule has 0 aliphatic rings. The molecule has 1 aromatic heterocycles. The summed E-state index contributed by atoms with van der Waals surface area (Å²) in [5.74, 6) is -1.75. The number of hydrogen-bond donors (Lipinski definition) is 2. The van der Waals surface area contributed by atoms with E-state index in [1.165, 1.54) is 11.8 Å². The molecule has 16 heavy (non-hydrogen) atoms. The predicted molar refractivity (Wildman–Crippen MR) is 58.7 cm³/mol. The van der Waals surface area contributed by atoms with Crippen LogP contribution >= 0.6 is 0 Å². The Labute approximate surface area is 94.1 Å². The lowest BCUT2D eigenvalue weighted by atomic mass is 10.1. The molecular formula is C11H16N2O3. The second kappa shape index (κ2) is 5.34. The van der Waals surface area contributed by atoms with E-state index in [9.17, 15) is 9.59 Å². The van der Waals surface area contributed by atoms with E-state index in [4.69, 9.17) is 5.11 Å². The highest BCUT2D eigenvalue weighted by molar-refractivity contribution is 5.81. The van der Waals surface area contributed by atoms with Crippen LogP contribution in [0.2, 0.25) is 0 Å². The number of carboxylic acid groups (broad SMARTS) is 1. The lowest BCUT2D eigenvalue weighted by molar-refractivity contribution is -0.145. The Morgan fingerprint density at radius 1 is 1.56 bits per heavy atom. The van der Waals surface area contributed by atoms with Crippen LogP contribution in [0.4, 0.5) is 0 Å². The van der Waals surface area contributed by atoms with E-state index in [-0.39, 0.29) is 12.3 Å². The largest absolute Gasteiger partial charge is 0.481 e. The third-order valence-electron chi connectivity index (χ3n) is 2.40. The van der Waals surface area contributed by atoms with Gasteiger partial charge in [0.2, 0.25) is 5.91 Å². The Kier molecular flexibility index (Phi) is 4.10. The summed E-state index contributed by atoms with van der Waals surface area (Å²) in [5.41, 5.74) is 0.929. The first-order valence-corrected chi connectivity index (χ1v) is 5.09. The van der Waals surface area contributed by atoms with Gasteiger partial charge in [0.05, 0.1) is 12.5 Å². The molecule has 1 rings (SSSR count). The van der Waals surface area contributed by atoms with Gasteiger partial charge in [-0.05, 0) is 12.1 Å². The zero-order valence-corrected chi connectivity index (χ0v) is 9.43. The van der Waals surface area contributed by atoms with Gasteiger partial charge in [0, 0.05) is 25.4 Å². The van der Waals surface area contributed by atoms with Crippen molar-refractivity contribution in [3.05, 3.63) is 24.0 Å². The summed E-state index contributed by atoms with van der Waals surface area (Å²) in [4.78, 5) is 26.7. The highest BCUT2D eigenvalue weighted by atomic mass is 16.4. The van der Waals surface area contributed by atoms with Gasteiger partial charge in [-0.2, -0.15) is 0 Å². The van der Waals surface area contributed by atoms with E-state index in [0.717, 1.165) is 5.69 Å². The van der Waals surface area contributed by atoms with Gasteiger partial charge in [0.15, 0.2) is 0 Å². The normalized spacial score (nSPS) is 12.1. The second-order valence-corrected chi connectivity index (χ2v) is 3.89. The molecule has 0 radical (unpaired) electrons. The average Bonchev–Trinajstić information content (AvgIpc) is 2.69. The summed E-state index contributed by atoms with van der Waals surface area (Å²) < 4.78 is 0. The molecule has 0 aromatic carbocycles. The number of amides is 1. The lowest BCUT2D eigenvalue weighted by Crippen LogP contribution is -2.29. The van der Waals surface area contributed by atoms with Crippen LogP contribution in [0.25, 0.3) is 0 Å². The first kappa shape index (κ1) is 12.3. The SMILES string of the molecule is CC(CC(=O)N(C)Cc1ccc[nH]1)C(=O)O. The van der Waals surface area contributed by atoms with Crippen LogP contribution < -0.4 is 0 Å². The van der Waals surface area contributed by atoms with Crippen LogP contribution in [0.1, 0.15) is 19.0 Å². The molecule has 88 valence electrons. The first-order chi connectivity index (χ1) is 7.50. The summed E-state index contributed by atoms with van der Waals surface area (Å²) in [7, 11) is 1.66. The van der Waals surface area contributed by atoms with Gasteiger partial charge in [0.25, 0.3) is 0 Å². The number of aliphatic carboxylic acids is 1. The fraction of sp³-hybridized carbons (Fsp3) is 0.455. The number of carbonyl (C=O) groups excluding carboxylic acids is 1. The van der Waals surface area contributed by atoms with E-state index >= 15 is 0 Å². The molecule has 2 N–H and O–H groups in total. The Bertz CT molecular complexity index is 359. The predicted octanol–water partition coefficient (Wildman–Crippen LogP) is 1.08. The van der Waals surface area contributed by atoms with Gasteiger partial charge in [-0.1, -0.05) is 6.92 Å². The number of nitrogens with zero attached hydrogens (tertiary/aromatic N) is 1. The first-order valence-electron chi connectivity index (χ1n) is 5.09. The van der Waals surface area contributed by atoms with Crippen LogP contribution in [0, 0.1) is 5.92 Å². The fourth-order valence-electron chi connectivity index (χ4n) is 1.31. The number of hydrogen-bond acceptors (Lipinski definition) is 2. The molecule has 1 aromatic rings. The maximum Gasteiger partial charge on any atom is 0.306 e. The van der Waals surface area contributed by atoms with E-state index in [2.05, 4.69) is 4.98 Å². The van der Waals surface area contributed by atoms with Crippen LogP contribution in [-0.2, 0) is 16.1 Å². The van der Waals surface area contributed by atoms with Gasteiger partial charge >= 0.3 is 5.97 Å². The maximum atomic E-state index is 11.6. The quantitative estimate of drug-likeness (QED) is 0.786. The smallest absolute Gasteiger partial charge is 0.306 e. The standard InChI is InChI=1S/C11H16N2O3/c1-8(11(15)16)6-10(14)13(2)7-9-4-3-5-12-9/h3-5,8,12H,6-7H2,1-2H3,(H,15,16). The number of carbonyl (C=O) groups is 2. The van der Waals surface area contributed by atoms with Crippen molar-refractivity contribution < 1.29 is 14.7 Å². The zero-order valence-electron chi connectivity index (χ0n) is 9.43.